The Balaban J connectivity index is 1.46. The van der Waals surface area contributed by atoms with Gasteiger partial charge in [0.15, 0.2) is 0 Å². The van der Waals surface area contributed by atoms with Crippen LogP contribution < -0.4 is 15.5 Å². The van der Waals surface area contributed by atoms with E-state index >= 15 is 0 Å². The summed E-state index contributed by atoms with van der Waals surface area (Å²) in [6, 6.07) is 26.1. The third kappa shape index (κ3) is 3.26. The Hall–Kier alpha value is -3.27. The first kappa shape index (κ1) is 16.2. The highest BCUT2D eigenvalue weighted by atomic mass is 16.2. The number of para-hydroxylation sites is 2. The fourth-order valence-corrected chi connectivity index (χ4v) is 3.48. The molecule has 1 aliphatic heterocycles. The molecule has 4 nitrogen and oxygen atoms in total. The number of benzene rings is 3. The van der Waals surface area contributed by atoms with Crippen molar-refractivity contribution in [3.8, 4) is 0 Å². The van der Waals surface area contributed by atoms with Gasteiger partial charge >= 0.3 is 6.03 Å². The van der Waals surface area contributed by atoms with Crippen molar-refractivity contribution in [2.24, 2.45) is 0 Å². The van der Waals surface area contributed by atoms with E-state index in [0.29, 0.717) is 6.04 Å². The van der Waals surface area contributed by atoms with E-state index in [-0.39, 0.29) is 6.03 Å². The zero-order valence-electron chi connectivity index (χ0n) is 14.6. The predicted octanol–water partition coefficient (Wildman–Crippen LogP) is 5.41. The van der Waals surface area contributed by atoms with E-state index in [9.17, 15) is 4.79 Å². The number of carbonyl (C=O) groups excluding carboxylic acids is 1. The van der Waals surface area contributed by atoms with Crippen LogP contribution in [0.15, 0.2) is 78.9 Å². The summed E-state index contributed by atoms with van der Waals surface area (Å²) >= 11 is 0. The Morgan fingerprint density at radius 1 is 0.846 bits per heavy atom. The summed E-state index contributed by atoms with van der Waals surface area (Å²) < 4.78 is 0. The fourth-order valence-electron chi connectivity index (χ4n) is 3.48. The van der Waals surface area contributed by atoms with Gasteiger partial charge in [-0.15, -0.1) is 0 Å². The lowest BCUT2D eigenvalue weighted by molar-refractivity contribution is 0.262. The molecule has 4 heteroatoms. The number of carbonyl (C=O) groups is 1. The Kier molecular flexibility index (Phi) is 4.32. The lowest BCUT2D eigenvalue weighted by Gasteiger charge is -2.25. The highest BCUT2D eigenvalue weighted by Crippen LogP contribution is 2.38. The van der Waals surface area contributed by atoms with Crippen molar-refractivity contribution in [2.75, 3.05) is 15.5 Å². The summed E-state index contributed by atoms with van der Waals surface area (Å²) in [5.74, 6) is 0. The normalized spacial score (nSPS) is 15.4. The topological polar surface area (TPSA) is 44.4 Å². The van der Waals surface area contributed by atoms with E-state index in [1.165, 1.54) is 11.3 Å². The molecule has 0 bridgehead atoms. The molecule has 0 aromatic heterocycles. The lowest BCUT2D eigenvalue weighted by atomic mass is 10.1. The average Bonchev–Trinajstić information content (AvgIpc) is 2.99. The molecule has 0 saturated heterocycles. The van der Waals surface area contributed by atoms with E-state index in [4.69, 9.17) is 0 Å². The molecule has 3 aromatic rings. The first-order valence-corrected chi connectivity index (χ1v) is 8.81. The number of anilines is 4. The van der Waals surface area contributed by atoms with Crippen molar-refractivity contribution in [1.82, 2.24) is 0 Å². The summed E-state index contributed by atoms with van der Waals surface area (Å²) in [6.07, 6.45) is 1.05. The van der Waals surface area contributed by atoms with Gasteiger partial charge in [0.1, 0.15) is 0 Å². The van der Waals surface area contributed by atoms with Crippen LogP contribution in [0, 0.1) is 0 Å². The Morgan fingerprint density at radius 2 is 1.46 bits per heavy atom. The van der Waals surface area contributed by atoms with Gasteiger partial charge in [-0.3, -0.25) is 0 Å². The Morgan fingerprint density at radius 3 is 2.19 bits per heavy atom. The minimum Gasteiger partial charge on any atom is -0.338 e. The largest absolute Gasteiger partial charge is 0.338 e. The minimum absolute atomic E-state index is 0.246. The summed E-state index contributed by atoms with van der Waals surface area (Å²) in [4.78, 5) is 14.5. The van der Waals surface area contributed by atoms with Gasteiger partial charge in [0.05, 0.1) is 0 Å². The van der Waals surface area contributed by atoms with Crippen LogP contribution in [-0.4, -0.2) is 12.1 Å². The van der Waals surface area contributed by atoms with Crippen LogP contribution in [0.1, 0.15) is 12.5 Å². The van der Waals surface area contributed by atoms with Crippen molar-refractivity contribution in [3.05, 3.63) is 84.4 Å². The molecule has 0 radical (unpaired) electrons. The van der Waals surface area contributed by atoms with Crippen molar-refractivity contribution in [1.29, 1.82) is 0 Å². The van der Waals surface area contributed by atoms with Gasteiger partial charge in [-0.25, -0.2) is 4.79 Å². The maximum absolute atomic E-state index is 12.1. The molecule has 0 aliphatic carbocycles. The van der Waals surface area contributed by atoms with Gasteiger partial charge in [0.2, 0.25) is 0 Å². The van der Waals surface area contributed by atoms with Crippen LogP contribution in [0.4, 0.5) is 27.5 Å². The summed E-state index contributed by atoms with van der Waals surface area (Å²) in [5, 5.41) is 5.69. The number of nitrogens with one attached hydrogen (secondary N) is 2. The molecule has 1 aliphatic rings. The minimum atomic E-state index is -0.246. The van der Waals surface area contributed by atoms with Gasteiger partial charge in [0, 0.05) is 28.8 Å². The Labute approximate surface area is 153 Å². The molecule has 1 heterocycles. The van der Waals surface area contributed by atoms with Crippen molar-refractivity contribution in [3.63, 3.8) is 0 Å². The first-order chi connectivity index (χ1) is 12.7. The number of urea groups is 1. The molecule has 0 spiro atoms. The van der Waals surface area contributed by atoms with Gasteiger partial charge in [-0.05, 0) is 61.4 Å². The van der Waals surface area contributed by atoms with Gasteiger partial charge < -0.3 is 15.5 Å². The molecule has 3 aromatic carbocycles. The number of nitrogens with zero attached hydrogens (tertiary/aromatic N) is 1. The smallest absolute Gasteiger partial charge is 0.323 e. The van der Waals surface area contributed by atoms with E-state index in [0.717, 1.165) is 23.5 Å². The molecule has 130 valence electrons. The number of hydrogen-bond acceptors (Lipinski definition) is 2. The van der Waals surface area contributed by atoms with Crippen LogP contribution in [0.25, 0.3) is 0 Å². The fraction of sp³-hybridized carbons (Fsp3) is 0.136. The number of fused-ring (bicyclic) bond motifs is 1. The second kappa shape index (κ2) is 6.92. The molecule has 2 N–H and O–H groups in total. The van der Waals surface area contributed by atoms with Crippen molar-refractivity contribution < 1.29 is 4.79 Å². The maximum atomic E-state index is 12.1. The van der Waals surface area contributed by atoms with E-state index in [1.807, 2.05) is 42.5 Å². The second-order valence-corrected chi connectivity index (χ2v) is 6.54. The van der Waals surface area contributed by atoms with Gasteiger partial charge in [0.25, 0.3) is 0 Å². The van der Waals surface area contributed by atoms with Crippen LogP contribution >= 0.6 is 0 Å². The SMILES string of the molecule is CC1Cc2ccccc2N1c1ccc(NC(=O)Nc2ccccc2)cc1. The zero-order chi connectivity index (χ0) is 17.9. The number of amides is 2. The maximum Gasteiger partial charge on any atom is 0.323 e. The van der Waals surface area contributed by atoms with Crippen LogP contribution in [0.2, 0.25) is 0 Å². The predicted molar refractivity (Wildman–Crippen MR) is 107 cm³/mol. The van der Waals surface area contributed by atoms with Crippen molar-refractivity contribution in [2.45, 2.75) is 19.4 Å². The standard InChI is InChI=1S/C22H21N3O/c1-16-15-17-7-5-6-10-21(17)25(16)20-13-11-19(12-14-20)24-22(26)23-18-8-3-2-4-9-18/h2-14,16H,15H2,1H3,(H2,23,24,26). The summed E-state index contributed by atoms with van der Waals surface area (Å²) in [5.41, 5.74) is 5.31. The lowest BCUT2D eigenvalue weighted by Crippen LogP contribution is -2.24. The molecule has 1 unspecified atom stereocenters. The molecule has 4 rings (SSSR count). The quantitative estimate of drug-likeness (QED) is 0.667. The van der Waals surface area contributed by atoms with E-state index in [2.05, 4.69) is 58.9 Å². The Bertz CT molecular complexity index is 906. The molecular formula is C22H21N3O. The molecule has 1 atom stereocenters. The number of rotatable bonds is 3. The second-order valence-electron chi connectivity index (χ2n) is 6.54. The highest BCUT2D eigenvalue weighted by Gasteiger charge is 2.26. The van der Waals surface area contributed by atoms with Gasteiger partial charge in [-0.2, -0.15) is 0 Å². The molecule has 0 saturated carbocycles. The third-order valence-corrected chi connectivity index (χ3v) is 4.64. The average molecular weight is 343 g/mol. The van der Waals surface area contributed by atoms with Crippen molar-refractivity contribution >= 4 is 28.8 Å². The third-order valence-electron chi connectivity index (χ3n) is 4.64. The van der Waals surface area contributed by atoms with Gasteiger partial charge in [-0.1, -0.05) is 36.4 Å². The first-order valence-electron chi connectivity index (χ1n) is 8.81. The van der Waals surface area contributed by atoms with Crippen LogP contribution in [0.5, 0.6) is 0 Å². The zero-order valence-corrected chi connectivity index (χ0v) is 14.6. The van der Waals surface area contributed by atoms with Crippen LogP contribution in [-0.2, 0) is 6.42 Å². The monoisotopic (exact) mass is 343 g/mol. The summed E-state index contributed by atoms with van der Waals surface area (Å²) in [6.45, 7) is 2.24. The number of hydrogen-bond donors (Lipinski definition) is 2. The summed E-state index contributed by atoms with van der Waals surface area (Å²) in [7, 11) is 0. The van der Waals surface area contributed by atoms with E-state index in [1.54, 1.807) is 0 Å². The van der Waals surface area contributed by atoms with E-state index < -0.39 is 0 Å². The highest BCUT2D eigenvalue weighted by molar-refractivity contribution is 5.99. The molecule has 0 fully saturated rings. The van der Waals surface area contributed by atoms with Crippen LogP contribution in [0.3, 0.4) is 0 Å². The molecule has 26 heavy (non-hydrogen) atoms. The molecule has 2 amide bonds. The molecular weight excluding hydrogens is 322 g/mol.